The summed E-state index contributed by atoms with van der Waals surface area (Å²) in [5, 5.41) is 9.58. The monoisotopic (exact) mass is 336 g/mol. The Balaban J connectivity index is 1.57. The second-order valence-corrected chi connectivity index (χ2v) is 6.22. The van der Waals surface area contributed by atoms with Gasteiger partial charge >= 0.3 is 0 Å². The van der Waals surface area contributed by atoms with Crippen LogP contribution in [0.25, 0.3) is 17.0 Å². The molecule has 0 saturated heterocycles. The van der Waals surface area contributed by atoms with Crippen molar-refractivity contribution in [3.05, 3.63) is 60.8 Å². The van der Waals surface area contributed by atoms with Crippen LogP contribution in [-0.2, 0) is 12.3 Å². The maximum atomic E-state index is 4.62. The van der Waals surface area contributed by atoms with Crippen LogP contribution < -0.4 is 0 Å². The number of fused-ring (bicyclic) bond motifs is 1. The lowest BCUT2D eigenvalue weighted by Crippen LogP contribution is -2.00. The van der Waals surface area contributed by atoms with E-state index in [2.05, 4.69) is 37.9 Å². The zero-order chi connectivity index (χ0) is 16.4. The molecule has 0 radical (unpaired) electrons. The second-order valence-electron chi connectivity index (χ2n) is 5.28. The Morgan fingerprint density at radius 2 is 2.08 bits per heavy atom. The zero-order valence-corrected chi connectivity index (χ0v) is 14.0. The van der Waals surface area contributed by atoms with E-state index < -0.39 is 0 Å². The molecule has 0 fully saturated rings. The van der Waals surface area contributed by atoms with Crippen molar-refractivity contribution in [1.29, 1.82) is 0 Å². The molecule has 6 nitrogen and oxygen atoms in total. The third kappa shape index (κ3) is 2.78. The van der Waals surface area contributed by atoms with Crippen LogP contribution in [0.2, 0.25) is 0 Å². The number of rotatable bonds is 5. The fourth-order valence-corrected chi connectivity index (χ4v) is 3.47. The lowest BCUT2D eigenvalue weighted by molar-refractivity contribution is 0.687. The number of hydrogen-bond acceptors (Lipinski definition) is 5. The molecule has 0 spiro atoms. The summed E-state index contributed by atoms with van der Waals surface area (Å²) < 4.78 is 4.14. The molecule has 0 aliphatic carbocycles. The average Bonchev–Trinajstić information content (AvgIpc) is 3.23. The molecule has 0 N–H and O–H groups in total. The van der Waals surface area contributed by atoms with E-state index in [0.717, 1.165) is 40.2 Å². The fraction of sp³-hybridized carbons (Fsp3) is 0.176. The third-order valence-electron chi connectivity index (χ3n) is 3.72. The zero-order valence-electron chi connectivity index (χ0n) is 13.2. The molecule has 0 atom stereocenters. The van der Waals surface area contributed by atoms with Gasteiger partial charge in [0.05, 0.1) is 5.69 Å². The number of thioether (sulfide) groups is 1. The van der Waals surface area contributed by atoms with Gasteiger partial charge in [-0.3, -0.25) is 4.98 Å². The Morgan fingerprint density at radius 3 is 2.88 bits per heavy atom. The molecule has 7 heteroatoms. The molecule has 0 unspecified atom stereocenters. The van der Waals surface area contributed by atoms with Gasteiger partial charge in [0.1, 0.15) is 5.65 Å². The second kappa shape index (κ2) is 6.45. The van der Waals surface area contributed by atoms with Crippen molar-refractivity contribution in [3.8, 4) is 11.4 Å². The Labute approximate surface area is 143 Å². The SMILES string of the molecule is CCn1c(SCc2cn3ccccc3n2)nnc1-c1cccnc1. The van der Waals surface area contributed by atoms with Crippen molar-refractivity contribution in [3.63, 3.8) is 0 Å². The van der Waals surface area contributed by atoms with Crippen molar-refractivity contribution in [2.45, 2.75) is 24.4 Å². The highest BCUT2D eigenvalue weighted by molar-refractivity contribution is 7.98. The molecule has 4 aromatic rings. The van der Waals surface area contributed by atoms with Crippen LogP contribution in [0.3, 0.4) is 0 Å². The number of hydrogen-bond donors (Lipinski definition) is 0. The molecule has 4 heterocycles. The summed E-state index contributed by atoms with van der Waals surface area (Å²) in [7, 11) is 0. The smallest absolute Gasteiger partial charge is 0.191 e. The van der Waals surface area contributed by atoms with Gasteiger partial charge in [0, 0.05) is 42.6 Å². The first-order valence-electron chi connectivity index (χ1n) is 7.74. The molecule has 0 aliphatic rings. The van der Waals surface area contributed by atoms with Gasteiger partial charge in [-0.2, -0.15) is 0 Å². The standard InChI is InChI=1S/C17H16N6S/c1-2-23-16(13-6-5-8-18-10-13)20-21-17(23)24-12-14-11-22-9-4-3-7-15(22)19-14/h3-11H,2,12H2,1H3. The highest BCUT2D eigenvalue weighted by atomic mass is 32.2. The first-order chi connectivity index (χ1) is 11.8. The minimum atomic E-state index is 0.757. The molecule has 0 aliphatic heterocycles. The van der Waals surface area contributed by atoms with E-state index in [-0.39, 0.29) is 0 Å². The van der Waals surface area contributed by atoms with Crippen molar-refractivity contribution in [2.24, 2.45) is 0 Å². The predicted octanol–water partition coefficient (Wildman–Crippen LogP) is 3.30. The van der Waals surface area contributed by atoms with E-state index in [4.69, 9.17) is 0 Å². The van der Waals surface area contributed by atoms with Crippen LogP contribution in [0.15, 0.2) is 60.3 Å². The summed E-state index contributed by atoms with van der Waals surface area (Å²) in [6.07, 6.45) is 7.63. The molecule has 0 saturated carbocycles. The summed E-state index contributed by atoms with van der Waals surface area (Å²) in [6.45, 7) is 2.91. The topological polar surface area (TPSA) is 60.9 Å². The van der Waals surface area contributed by atoms with Gasteiger partial charge in [0.25, 0.3) is 0 Å². The van der Waals surface area contributed by atoms with Gasteiger partial charge in [-0.25, -0.2) is 4.98 Å². The summed E-state index contributed by atoms with van der Waals surface area (Å²) in [5.41, 5.74) is 2.97. The van der Waals surface area contributed by atoms with E-state index in [9.17, 15) is 0 Å². The van der Waals surface area contributed by atoms with Crippen molar-refractivity contribution >= 4 is 17.4 Å². The predicted molar refractivity (Wildman–Crippen MR) is 93.7 cm³/mol. The van der Waals surface area contributed by atoms with Crippen molar-refractivity contribution in [1.82, 2.24) is 29.1 Å². The number of imidazole rings is 1. The molecule has 4 aromatic heterocycles. The molecular weight excluding hydrogens is 320 g/mol. The van der Waals surface area contributed by atoms with Crippen LogP contribution in [0.1, 0.15) is 12.6 Å². The summed E-state index contributed by atoms with van der Waals surface area (Å²) >= 11 is 1.65. The molecule has 4 rings (SSSR count). The van der Waals surface area contributed by atoms with Crippen molar-refractivity contribution < 1.29 is 0 Å². The molecule has 0 aromatic carbocycles. The normalized spacial score (nSPS) is 11.2. The molecule has 24 heavy (non-hydrogen) atoms. The van der Waals surface area contributed by atoms with E-state index >= 15 is 0 Å². The molecule has 120 valence electrons. The molecule has 0 amide bonds. The van der Waals surface area contributed by atoms with Crippen LogP contribution >= 0.6 is 11.8 Å². The molecular formula is C17H16N6S. The lowest BCUT2D eigenvalue weighted by Gasteiger charge is -2.06. The Hall–Kier alpha value is -2.67. The van der Waals surface area contributed by atoms with Gasteiger partial charge in [0.2, 0.25) is 0 Å². The van der Waals surface area contributed by atoms with Crippen LogP contribution in [0, 0.1) is 0 Å². The van der Waals surface area contributed by atoms with Gasteiger partial charge < -0.3 is 8.97 Å². The summed E-state index contributed by atoms with van der Waals surface area (Å²) in [6, 6.07) is 9.91. The quantitative estimate of drug-likeness (QED) is 0.523. The number of aromatic nitrogens is 6. The number of pyridine rings is 2. The van der Waals surface area contributed by atoms with E-state index in [1.807, 2.05) is 47.1 Å². The highest BCUT2D eigenvalue weighted by Gasteiger charge is 2.14. The molecule has 0 bridgehead atoms. The summed E-state index contributed by atoms with van der Waals surface area (Å²) in [4.78, 5) is 8.79. The van der Waals surface area contributed by atoms with Crippen LogP contribution in [0.5, 0.6) is 0 Å². The van der Waals surface area contributed by atoms with Gasteiger partial charge in [-0.1, -0.05) is 17.8 Å². The van der Waals surface area contributed by atoms with Gasteiger partial charge in [0.15, 0.2) is 11.0 Å². The largest absolute Gasteiger partial charge is 0.307 e. The van der Waals surface area contributed by atoms with E-state index in [1.165, 1.54) is 0 Å². The third-order valence-corrected chi connectivity index (χ3v) is 4.72. The maximum absolute atomic E-state index is 4.62. The Bertz CT molecular complexity index is 927. The minimum Gasteiger partial charge on any atom is -0.307 e. The summed E-state index contributed by atoms with van der Waals surface area (Å²) in [5.74, 6) is 1.61. The van der Waals surface area contributed by atoms with Crippen LogP contribution in [0.4, 0.5) is 0 Å². The van der Waals surface area contributed by atoms with Crippen LogP contribution in [-0.4, -0.2) is 29.1 Å². The average molecular weight is 336 g/mol. The fourth-order valence-electron chi connectivity index (χ4n) is 2.58. The first-order valence-corrected chi connectivity index (χ1v) is 8.72. The van der Waals surface area contributed by atoms with E-state index in [0.29, 0.717) is 0 Å². The number of nitrogens with zero attached hydrogens (tertiary/aromatic N) is 6. The maximum Gasteiger partial charge on any atom is 0.191 e. The highest BCUT2D eigenvalue weighted by Crippen LogP contribution is 2.25. The van der Waals surface area contributed by atoms with Crippen molar-refractivity contribution in [2.75, 3.05) is 0 Å². The minimum absolute atomic E-state index is 0.757. The van der Waals surface area contributed by atoms with Gasteiger partial charge in [-0.05, 0) is 31.2 Å². The lowest BCUT2D eigenvalue weighted by atomic mass is 10.3. The Morgan fingerprint density at radius 1 is 1.12 bits per heavy atom. The Kier molecular flexibility index (Phi) is 4.00. The van der Waals surface area contributed by atoms with E-state index in [1.54, 1.807) is 18.0 Å². The van der Waals surface area contributed by atoms with Gasteiger partial charge in [-0.15, -0.1) is 10.2 Å². The first kappa shape index (κ1) is 14.9.